The van der Waals surface area contributed by atoms with Crippen LogP contribution in [-0.2, 0) is 13.1 Å². The van der Waals surface area contributed by atoms with E-state index in [-0.39, 0.29) is 0 Å². The van der Waals surface area contributed by atoms with Crippen molar-refractivity contribution in [3.8, 4) is 6.07 Å². The molecule has 0 aliphatic rings. The minimum absolute atomic E-state index is 0.499. The van der Waals surface area contributed by atoms with E-state index in [0.717, 1.165) is 28.6 Å². The van der Waals surface area contributed by atoms with Crippen molar-refractivity contribution in [3.05, 3.63) is 70.4 Å². The zero-order valence-electron chi connectivity index (χ0n) is 11.4. The normalized spacial score (nSPS) is 10.7. The largest absolute Gasteiger partial charge is 0.343 e. The van der Waals surface area contributed by atoms with E-state index in [1.807, 2.05) is 42.5 Å². The predicted molar refractivity (Wildman–Crippen MR) is 85.1 cm³/mol. The molecule has 3 nitrogen and oxygen atoms in total. The number of hydrogen-bond acceptors (Lipinski definition) is 2. The van der Waals surface area contributed by atoms with Crippen molar-refractivity contribution in [2.75, 3.05) is 0 Å². The summed E-state index contributed by atoms with van der Waals surface area (Å²) in [6.07, 6.45) is 2.07. The first kappa shape index (κ1) is 13.7. The van der Waals surface area contributed by atoms with Gasteiger partial charge in [-0.2, -0.15) is 5.26 Å². The van der Waals surface area contributed by atoms with Gasteiger partial charge in [0, 0.05) is 29.7 Å². The Labute approximate surface area is 128 Å². The van der Waals surface area contributed by atoms with Crippen molar-refractivity contribution in [1.29, 1.82) is 5.26 Å². The number of fused-ring (bicyclic) bond motifs is 1. The number of nitrogens with two attached hydrogens (primary N) is 1. The summed E-state index contributed by atoms with van der Waals surface area (Å²) in [4.78, 5) is 0. The van der Waals surface area contributed by atoms with Crippen molar-refractivity contribution in [2.24, 2.45) is 5.73 Å². The Morgan fingerprint density at radius 1 is 1.14 bits per heavy atom. The number of hydrogen-bond donors (Lipinski definition) is 1. The van der Waals surface area contributed by atoms with Crippen molar-refractivity contribution < 1.29 is 0 Å². The predicted octanol–water partition coefficient (Wildman–Crippen LogP) is 3.67. The van der Waals surface area contributed by atoms with E-state index in [1.165, 1.54) is 0 Å². The Kier molecular flexibility index (Phi) is 3.66. The molecule has 104 valence electrons. The zero-order chi connectivity index (χ0) is 14.8. The number of rotatable bonds is 3. The smallest absolute Gasteiger partial charge is 0.0991 e. The van der Waals surface area contributed by atoms with E-state index in [9.17, 15) is 0 Å². The molecule has 0 aliphatic carbocycles. The molecule has 2 aromatic carbocycles. The van der Waals surface area contributed by atoms with Crippen molar-refractivity contribution >= 4 is 22.5 Å². The fraction of sp³-hybridized carbons (Fsp3) is 0.118. The molecule has 0 saturated heterocycles. The molecule has 1 aromatic heterocycles. The molecule has 0 atom stereocenters. The molecule has 0 fully saturated rings. The minimum atomic E-state index is 0.499. The summed E-state index contributed by atoms with van der Waals surface area (Å²) >= 11 is 6.11. The fourth-order valence-corrected chi connectivity index (χ4v) is 2.68. The summed E-state index contributed by atoms with van der Waals surface area (Å²) < 4.78 is 2.14. The summed E-state index contributed by atoms with van der Waals surface area (Å²) in [5.41, 5.74) is 9.80. The first-order valence-electron chi connectivity index (χ1n) is 6.67. The van der Waals surface area contributed by atoms with Crippen LogP contribution in [0.4, 0.5) is 0 Å². The summed E-state index contributed by atoms with van der Waals surface area (Å²) in [6.45, 7) is 1.22. The number of nitrogens with zero attached hydrogens (tertiary/aromatic N) is 2. The highest BCUT2D eigenvalue weighted by atomic mass is 35.5. The molecule has 0 amide bonds. The van der Waals surface area contributed by atoms with Gasteiger partial charge in [0.15, 0.2) is 0 Å². The highest BCUT2D eigenvalue weighted by Crippen LogP contribution is 2.25. The number of halogens is 1. The van der Waals surface area contributed by atoms with Crippen LogP contribution in [0.15, 0.2) is 48.7 Å². The van der Waals surface area contributed by atoms with E-state index in [1.54, 1.807) is 0 Å². The zero-order valence-corrected chi connectivity index (χ0v) is 12.1. The minimum Gasteiger partial charge on any atom is -0.343 e. The van der Waals surface area contributed by atoms with Crippen molar-refractivity contribution in [2.45, 2.75) is 13.1 Å². The third-order valence-corrected chi connectivity index (χ3v) is 3.82. The number of benzene rings is 2. The molecule has 4 heteroatoms. The fourth-order valence-electron chi connectivity index (χ4n) is 2.52. The molecule has 21 heavy (non-hydrogen) atoms. The van der Waals surface area contributed by atoms with Crippen LogP contribution >= 0.6 is 11.6 Å². The Morgan fingerprint density at radius 3 is 2.57 bits per heavy atom. The molecule has 0 aliphatic heterocycles. The van der Waals surface area contributed by atoms with E-state index >= 15 is 0 Å². The van der Waals surface area contributed by atoms with Crippen molar-refractivity contribution in [3.63, 3.8) is 0 Å². The van der Waals surface area contributed by atoms with Gasteiger partial charge in [0.05, 0.1) is 17.1 Å². The van der Waals surface area contributed by atoms with Crippen LogP contribution in [-0.4, -0.2) is 4.57 Å². The monoisotopic (exact) mass is 295 g/mol. The Bertz CT molecular complexity index is 826. The van der Waals surface area contributed by atoms with E-state index in [4.69, 9.17) is 22.6 Å². The number of aromatic nitrogens is 1. The Morgan fingerprint density at radius 2 is 1.90 bits per heavy atom. The lowest BCUT2D eigenvalue weighted by molar-refractivity contribution is 0.829. The molecular weight excluding hydrogens is 282 g/mol. The first-order valence-corrected chi connectivity index (χ1v) is 7.05. The third kappa shape index (κ3) is 2.64. The van der Waals surface area contributed by atoms with Gasteiger partial charge in [-0.15, -0.1) is 0 Å². The van der Waals surface area contributed by atoms with Crippen LogP contribution in [0.5, 0.6) is 0 Å². The van der Waals surface area contributed by atoms with Crippen LogP contribution in [0.2, 0.25) is 5.02 Å². The maximum Gasteiger partial charge on any atom is 0.0991 e. The van der Waals surface area contributed by atoms with Crippen molar-refractivity contribution in [1.82, 2.24) is 4.57 Å². The SMILES string of the molecule is N#Cc1ccc(Cn2cc(CN)c3ccc(Cl)cc32)cc1. The molecule has 0 radical (unpaired) electrons. The van der Waals surface area contributed by atoms with E-state index in [2.05, 4.69) is 16.8 Å². The van der Waals surface area contributed by atoms with Gasteiger partial charge >= 0.3 is 0 Å². The van der Waals surface area contributed by atoms with Gasteiger partial charge in [-0.25, -0.2) is 0 Å². The highest BCUT2D eigenvalue weighted by molar-refractivity contribution is 6.31. The number of nitriles is 1. The Balaban J connectivity index is 2.03. The van der Waals surface area contributed by atoms with Crippen LogP contribution in [0.25, 0.3) is 10.9 Å². The summed E-state index contributed by atoms with van der Waals surface area (Å²) in [7, 11) is 0. The molecule has 0 spiro atoms. The van der Waals surface area contributed by atoms with E-state index in [0.29, 0.717) is 17.1 Å². The van der Waals surface area contributed by atoms with Crippen LogP contribution in [0, 0.1) is 11.3 Å². The maximum absolute atomic E-state index is 8.84. The highest BCUT2D eigenvalue weighted by Gasteiger charge is 2.08. The van der Waals surface area contributed by atoms with E-state index < -0.39 is 0 Å². The third-order valence-electron chi connectivity index (χ3n) is 3.58. The summed E-state index contributed by atoms with van der Waals surface area (Å²) in [5.74, 6) is 0. The average molecular weight is 296 g/mol. The van der Waals surface area contributed by atoms with Gasteiger partial charge in [0.1, 0.15) is 0 Å². The molecule has 2 N–H and O–H groups in total. The summed E-state index contributed by atoms with van der Waals surface area (Å²) in [6, 6.07) is 15.6. The standard InChI is InChI=1S/C17H14ClN3/c18-15-5-6-16-14(9-20)11-21(17(16)7-15)10-13-3-1-12(8-19)2-4-13/h1-7,11H,9-10,20H2. The molecule has 0 bridgehead atoms. The van der Waals surface area contributed by atoms with Crippen LogP contribution < -0.4 is 5.73 Å². The molecule has 3 aromatic rings. The molecule has 0 unspecified atom stereocenters. The topological polar surface area (TPSA) is 54.7 Å². The molecule has 1 heterocycles. The van der Waals surface area contributed by atoms with Gasteiger partial charge in [0.25, 0.3) is 0 Å². The first-order chi connectivity index (χ1) is 10.2. The van der Waals surface area contributed by atoms with Gasteiger partial charge in [-0.05, 0) is 35.4 Å². The molecule has 0 saturated carbocycles. The maximum atomic E-state index is 8.84. The quantitative estimate of drug-likeness (QED) is 0.801. The lowest BCUT2D eigenvalue weighted by atomic mass is 10.1. The van der Waals surface area contributed by atoms with Crippen LogP contribution in [0.3, 0.4) is 0 Å². The van der Waals surface area contributed by atoms with Gasteiger partial charge < -0.3 is 10.3 Å². The molecule has 3 rings (SSSR count). The van der Waals surface area contributed by atoms with Gasteiger partial charge in [0.2, 0.25) is 0 Å². The molecular formula is C17H14ClN3. The second-order valence-corrected chi connectivity index (χ2v) is 5.39. The van der Waals surface area contributed by atoms with Gasteiger partial charge in [-0.1, -0.05) is 29.8 Å². The Hall–Kier alpha value is -2.28. The second-order valence-electron chi connectivity index (χ2n) is 4.96. The lowest BCUT2D eigenvalue weighted by Gasteiger charge is -2.06. The van der Waals surface area contributed by atoms with Gasteiger partial charge in [-0.3, -0.25) is 0 Å². The average Bonchev–Trinajstić information content (AvgIpc) is 2.85. The summed E-state index contributed by atoms with van der Waals surface area (Å²) in [5, 5.41) is 10.7. The lowest BCUT2D eigenvalue weighted by Crippen LogP contribution is -1.98. The van der Waals surface area contributed by atoms with Crippen LogP contribution in [0.1, 0.15) is 16.7 Å². The second kappa shape index (κ2) is 5.61.